The summed E-state index contributed by atoms with van der Waals surface area (Å²) in [5.41, 5.74) is 0.646. The number of fused-ring (bicyclic) bond motifs is 1. The van der Waals surface area contributed by atoms with Crippen molar-refractivity contribution >= 4 is 22.6 Å². The van der Waals surface area contributed by atoms with Crippen LogP contribution in [0.25, 0.3) is 11.0 Å². The van der Waals surface area contributed by atoms with E-state index in [4.69, 9.17) is 0 Å². The smallest absolute Gasteiger partial charge is 0.161 e. The van der Waals surface area contributed by atoms with Crippen LogP contribution in [0.4, 0.5) is 8.78 Å². The Morgan fingerprint density at radius 1 is 1.23 bits per heavy atom. The highest BCUT2D eigenvalue weighted by molar-refractivity contribution is 5.86. The normalized spacial score (nSPS) is 12.5. The van der Waals surface area contributed by atoms with Crippen molar-refractivity contribution in [2.45, 2.75) is 45.6 Å². The van der Waals surface area contributed by atoms with Gasteiger partial charge in [-0.3, -0.25) is 4.79 Å². The summed E-state index contributed by atoms with van der Waals surface area (Å²) < 4.78 is 28.3. The predicted molar refractivity (Wildman–Crippen MR) is 78.5 cm³/mol. The highest BCUT2D eigenvalue weighted by Crippen LogP contribution is 2.25. The molecule has 1 heterocycles. The fourth-order valence-electron chi connectivity index (χ4n) is 2.48. The van der Waals surface area contributed by atoms with Gasteiger partial charge in [0.1, 0.15) is 5.78 Å². The maximum Gasteiger partial charge on any atom is 0.161 e. The van der Waals surface area contributed by atoms with Gasteiger partial charge in [-0.2, -0.15) is 0 Å². The Balaban J connectivity index is 2.44. The lowest BCUT2D eigenvalue weighted by Gasteiger charge is -2.17. The van der Waals surface area contributed by atoms with Crippen LogP contribution in [-0.4, -0.2) is 21.1 Å². The molecule has 2 aromatic rings. The third kappa shape index (κ3) is 3.37. The molecule has 0 bridgehead atoms. The number of carbonyl (C=O) groups is 2. The van der Waals surface area contributed by atoms with Crippen molar-refractivity contribution in [2.24, 2.45) is 0 Å². The van der Waals surface area contributed by atoms with Gasteiger partial charge < -0.3 is 9.36 Å². The topological polar surface area (TPSA) is 52.0 Å². The number of imidazole rings is 1. The minimum Gasteiger partial charge on any atom is -0.320 e. The fraction of sp³-hybridized carbons (Fsp3) is 0.438. The minimum atomic E-state index is -0.984. The second-order valence-electron chi connectivity index (χ2n) is 5.38. The van der Waals surface area contributed by atoms with Gasteiger partial charge in [0.25, 0.3) is 0 Å². The van der Waals surface area contributed by atoms with Crippen LogP contribution in [0.15, 0.2) is 18.5 Å². The number of aromatic nitrogens is 2. The average Bonchev–Trinajstić information content (AvgIpc) is 2.83. The largest absolute Gasteiger partial charge is 0.320 e. The van der Waals surface area contributed by atoms with Gasteiger partial charge in [-0.1, -0.05) is 6.92 Å². The molecule has 0 spiro atoms. The molecule has 1 unspecified atom stereocenters. The molecular formula is C16H18F2N2O2. The Bertz CT molecular complexity index is 709. The van der Waals surface area contributed by atoms with Crippen LogP contribution >= 0.6 is 0 Å². The summed E-state index contributed by atoms with van der Waals surface area (Å²) in [6.45, 7) is 3.35. The van der Waals surface area contributed by atoms with Gasteiger partial charge in [-0.25, -0.2) is 13.8 Å². The maximum absolute atomic E-state index is 13.5. The third-order valence-electron chi connectivity index (χ3n) is 3.59. The molecule has 0 aliphatic carbocycles. The van der Waals surface area contributed by atoms with Crippen LogP contribution in [0, 0.1) is 11.6 Å². The van der Waals surface area contributed by atoms with E-state index in [1.807, 2.05) is 6.92 Å². The number of rotatable bonds is 7. The van der Waals surface area contributed by atoms with Crippen molar-refractivity contribution in [3.63, 3.8) is 0 Å². The molecule has 0 saturated carbocycles. The van der Waals surface area contributed by atoms with Crippen molar-refractivity contribution in [3.8, 4) is 0 Å². The Labute approximate surface area is 127 Å². The van der Waals surface area contributed by atoms with E-state index in [0.717, 1.165) is 12.1 Å². The molecule has 0 aliphatic heterocycles. The zero-order valence-corrected chi connectivity index (χ0v) is 12.6. The molecule has 1 aromatic heterocycles. The highest BCUT2D eigenvalue weighted by Gasteiger charge is 2.22. The Hall–Kier alpha value is -2.11. The summed E-state index contributed by atoms with van der Waals surface area (Å²) in [7, 11) is 0. The standard InChI is InChI=1S/C16H18F2N2O2/c1-3-4-16(22)14(6-5-10(2)21)20-9-19-13-7-11(17)12(18)8-15(13)20/h7-9,14H,3-6H2,1-2H3. The van der Waals surface area contributed by atoms with Gasteiger partial charge in [0.2, 0.25) is 0 Å². The number of hydrogen-bond donors (Lipinski definition) is 0. The molecule has 0 saturated heterocycles. The SMILES string of the molecule is CCCC(=O)C(CCC(C)=O)n1cnc2cc(F)c(F)cc21. The molecule has 0 amide bonds. The first-order chi connectivity index (χ1) is 10.4. The van der Waals surface area contributed by atoms with E-state index in [9.17, 15) is 18.4 Å². The summed E-state index contributed by atoms with van der Waals surface area (Å²) in [5.74, 6) is -2.01. The molecule has 118 valence electrons. The fourth-order valence-corrected chi connectivity index (χ4v) is 2.48. The van der Waals surface area contributed by atoms with Gasteiger partial charge in [0, 0.05) is 25.0 Å². The van der Waals surface area contributed by atoms with E-state index >= 15 is 0 Å². The number of Topliss-reactive ketones (excluding diaryl/α,β-unsaturated/α-hetero) is 2. The summed E-state index contributed by atoms with van der Waals surface area (Å²) in [5, 5.41) is 0. The zero-order valence-electron chi connectivity index (χ0n) is 12.6. The molecule has 1 aromatic carbocycles. The lowest BCUT2D eigenvalue weighted by molar-refractivity contribution is -0.122. The summed E-state index contributed by atoms with van der Waals surface area (Å²) >= 11 is 0. The molecule has 6 heteroatoms. The molecular weight excluding hydrogens is 290 g/mol. The first-order valence-electron chi connectivity index (χ1n) is 7.27. The Morgan fingerprint density at radius 3 is 2.55 bits per heavy atom. The van der Waals surface area contributed by atoms with E-state index < -0.39 is 17.7 Å². The first kappa shape index (κ1) is 16.3. The van der Waals surface area contributed by atoms with Crippen LogP contribution in [-0.2, 0) is 9.59 Å². The van der Waals surface area contributed by atoms with Crippen LogP contribution in [0.2, 0.25) is 0 Å². The lowest BCUT2D eigenvalue weighted by atomic mass is 10.0. The van der Waals surface area contributed by atoms with Crippen LogP contribution < -0.4 is 0 Å². The molecule has 1 atom stereocenters. The number of benzene rings is 1. The van der Waals surface area contributed by atoms with Crippen LogP contribution in [0.1, 0.15) is 45.6 Å². The molecule has 2 rings (SSSR count). The van der Waals surface area contributed by atoms with Crippen molar-refractivity contribution in [1.82, 2.24) is 9.55 Å². The van der Waals surface area contributed by atoms with Crippen molar-refractivity contribution in [3.05, 3.63) is 30.1 Å². The second-order valence-corrected chi connectivity index (χ2v) is 5.38. The number of hydrogen-bond acceptors (Lipinski definition) is 3. The van der Waals surface area contributed by atoms with Crippen LogP contribution in [0.5, 0.6) is 0 Å². The molecule has 0 N–H and O–H groups in total. The van der Waals surface area contributed by atoms with Gasteiger partial charge >= 0.3 is 0 Å². The van der Waals surface area contributed by atoms with Crippen molar-refractivity contribution < 1.29 is 18.4 Å². The Morgan fingerprint density at radius 2 is 1.91 bits per heavy atom. The van der Waals surface area contributed by atoms with E-state index in [2.05, 4.69) is 4.98 Å². The quantitative estimate of drug-likeness (QED) is 0.785. The van der Waals surface area contributed by atoms with E-state index in [0.29, 0.717) is 24.8 Å². The van der Waals surface area contributed by atoms with Crippen LogP contribution in [0.3, 0.4) is 0 Å². The van der Waals surface area contributed by atoms with E-state index in [1.54, 1.807) is 4.57 Å². The van der Waals surface area contributed by atoms with Crippen molar-refractivity contribution in [2.75, 3.05) is 0 Å². The molecule has 0 fully saturated rings. The highest BCUT2D eigenvalue weighted by atomic mass is 19.2. The second kappa shape index (κ2) is 6.77. The number of nitrogens with zero attached hydrogens (tertiary/aromatic N) is 2. The number of halogens is 2. The van der Waals surface area contributed by atoms with Gasteiger partial charge in [0.05, 0.1) is 23.4 Å². The molecule has 0 aliphatic rings. The summed E-state index contributed by atoms with van der Waals surface area (Å²) in [6, 6.07) is 1.46. The summed E-state index contributed by atoms with van der Waals surface area (Å²) in [6.07, 6.45) is 3.04. The summed E-state index contributed by atoms with van der Waals surface area (Å²) in [4.78, 5) is 27.6. The molecule has 4 nitrogen and oxygen atoms in total. The zero-order chi connectivity index (χ0) is 16.3. The molecule has 0 radical (unpaired) electrons. The van der Waals surface area contributed by atoms with E-state index in [1.165, 1.54) is 13.3 Å². The van der Waals surface area contributed by atoms with E-state index in [-0.39, 0.29) is 23.5 Å². The Kier molecular flexibility index (Phi) is 5.00. The third-order valence-corrected chi connectivity index (χ3v) is 3.59. The van der Waals surface area contributed by atoms with Gasteiger partial charge in [0.15, 0.2) is 17.4 Å². The molecule has 22 heavy (non-hydrogen) atoms. The van der Waals surface area contributed by atoms with Gasteiger partial charge in [-0.05, 0) is 19.8 Å². The minimum absolute atomic E-state index is 0.0176. The average molecular weight is 308 g/mol. The number of ketones is 2. The van der Waals surface area contributed by atoms with Gasteiger partial charge in [-0.15, -0.1) is 0 Å². The number of carbonyl (C=O) groups excluding carboxylic acids is 2. The monoisotopic (exact) mass is 308 g/mol. The first-order valence-corrected chi connectivity index (χ1v) is 7.27. The lowest BCUT2D eigenvalue weighted by Crippen LogP contribution is -2.19. The van der Waals surface area contributed by atoms with Crippen molar-refractivity contribution in [1.29, 1.82) is 0 Å². The predicted octanol–water partition coefficient (Wildman–Crippen LogP) is 3.59. The maximum atomic E-state index is 13.5.